The van der Waals surface area contributed by atoms with Crippen molar-refractivity contribution in [1.29, 1.82) is 0 Å². The molecule has 0 amide bonds. The molecule has 0 aliphatic carbocycles. The summed E-state index contributed by atoms with van der Waals surface area (Å²) in [6.45, 7) is 0. The van der Waals surface area contributed by atoms with Crippen LogP contribution in [0.2, 0.25) is 0 Å². The maximum absolute atomic E-state index is 12.8. The molecule has 96 valence electrons. The van der Waals surface area contributed by atoms with E-state index in [0.29, 0.717) is 12.5 Å². The van der Waals surface area contributed by atoms with Crippen LogP contribution in [-0.4, -0.2) is 22.3 Å². The fourth-order valence-electron chi connectivity index (χ4n) is 1.76. The summed E-state index contributed by atoms with van der Waals surface area (Å²) in [5, 5.41) is 9.14. The molecule has 1 heterocycles. The summed E-state index contributed by atoms with van der Waals surface area (Å²) in [4.78, 5) is 11.0. The van der Waals surface area contributed by atoms with Crippen LogP contribution in [0.1, 0.15) is 5.56 Å². The van der Waals surface area contributed by atoms with E-state index < -0.39 is 18.0 Å². The maximum atomic E-state index is 12.8. The number of rotatable bonds is 2. The lowest BCUT2D eigenvalue weighted by molar-refractivity contribution is -0.287. The largest absolute Gasteiger partial charge is 0.488 e. The van der Waals surface area contributed by atoms with Crippen LogP contribution in [0.4, 0.5) is 13.2 Å². The van der Waals surface area contributed by atoms with Crippen molar-refractivity contribution in [3.05, 3.63) is 48.4 Å². The predicted molar refractivity (Wildman–Crippen MR) is 53.9 cm³/mol. The van der Waals surface area contributed by atoms with Crippen LogP contribution in [-0.2, 0) is 15.3 Å². The Morgan fingerprint density at radius 2 is 1.89 bits per heavy atom. The Hall–Kier alpha value is -2.18. The first-order valence-electron chi connectivity index (χ1n) is 4.88. The molecule has 0 radical (unpaired) electrons. The van der Waals surface area contributed by atoms with Gasteiger partial charge in [-0.1, -0.05) is 30.3 Å². The van der Waals surface area contributed by atoms with E-state index in [4.69, 9.17) is 9.84 Å². The number of ether oxygens (including phenoxy) is 1. The summed E-state index contributed by atoms with van der Waals surface area (Å²) in [6.07, 6.45) is -3.59. The minimum absolute atomic E-state index is 0.111. The van der Waals surface area contributed by atoms with Crippen molar-refractivity contribution in [2.24, 2.45) is 0 Å². The maximum Gasteiger partial charge on any atom is 0.488 e. The lowest BCUT2D eigenvalue weighted by Crippen LogP contribution is -2.53. The molecule has 0 spiro atoms. The van der Waals surface area contributed by atoms with Gasteiger partial charge in [-0.2, -0.15) is 0 Å². The van der Waals surface area contributed by atoms with Crippen molar-refractivity contribution in [2.75, 3.05) is 0 Å². The Balaban J connectivity index is 2.56. The van der Waals surface area contributed by atoms with E-state index in [0.717, 1.165) is 0 Å². The van der Waals surface area contributed by atoms with Gasteiger partial charge in [-0.15, -0.1) is 13.2 Å². The number of carboxylic acids is 1. The monoisotopic (exact) mass is 259 g/mol. The van der Waals surface area contributed by atoms with Crippen molar-refractivity contribution in [1.82, 2.24) is 4.90 Å². The summed E-state index contributed by atoms with van der Waals surface area (Å²) in [5.41, 5.74) is -2.71. The normalized spacial score (nSPS) is 22.9. The molecule has 0 saturated carbocycles. The van der Waals surface area contributed by atoms with Crippen LogP contribution in [0.3, 0.4) is 0 Å². The van der Waals surface area contributed by atoms with Crippen molar-refractivity contribution in [3.8, 4) is 0 Å². The highest BCUT2D eigenvalue weighted by Gasteiger charge is 2.59. The van der Waals surface area contributed by atoms with Gasteiger partial charge in [0.1, 0.15) is 6.26 Å². The zero-order chi connectivity index (χ0) is 13.4. The highest BCUT2D eigenvalue weighted by atomic mass is 19.4. The molecule has 1 N–H and O–H groups in total. The zero-order valence-corrected chi connectivity index (χ0v) is 8.89. The average molecular weight is 259 g/mol. The van der Waals surface area contributed by atoms with Gasteiger partial charge in [-0.25, -0.2) is 9.69 Å². The van der Waals surface area contributed by atoms with Crippen LogP contribution in [0, 0.1) is 0 Å². The molecule has 4 nitrogen and oxygen atoms in total. The number of halogens is 3. The summed E-state index contributed by atoms with van der Waals surface area (Å²) in [5.74, 6) is -1.74. The Labute approximate surface area is 99.9 Å². The predicted octanol–water partition coefficient (Wildman–Crippen LogP) is 2.25. The number of carboxylic acid groups (broad SMARTS) is 1. The fourth-order valence-corrected chi connectivity index (χ4v) is 1.76. The van der Waals surface area contributed by atoms with Crippen molar-refractivity contribution >= 4 is 5.97 Å². The van der Waals surface area contributed by atoms with Crippen LogP contribution >= 0.6 is 0 Å². The van der Waals surface area contributed by atoms with Gasteiger partial charge in [0.05, 0.1) is 0 Å². The van der Waals surface area contributed by atoms with Gasteiger partial charge in [0.15, 0.2) is 0 Å². The molecule has 0 bridgehead atoms. The zero-order valence-electron chi connectivity index (χ0n) is 8.89. The van der Waals surface area contributed by atoms with Gasteiger partial charge in [-0.05, 0) is 0 Å². The van der Waals surface area contributed by atoms with Crippen molar-refractivity contribution in [3.63, 3.8) is 0 Å². The molecular formula is C11H8F3NO3. The first-order valence-corrected chi connectivity index (χ1v) is 4.88. The Kier molecular flexibility index (Phi) is 2.68. The second kappa shape index (κ2) is 3.94. The van der Waals surface area contributed by atoms with Gasteiger partial charge in [-0.3, -0.25) is 0 Å². The number of carbonyl (C=O) groups is 1. The molecule has 1 unspecified atom stereocenters. The van der Waals surface area contributed by atoms with Gasteiger partial charge in [0, 0.05) is 11.8 Å². The molecule has 0 aromatic heterocycles. The minimum atomic E-state index is -4.86. The summed E-state index contributed by atoms with van der Waals surface area (Å²) in [7, 11) is 0. The molecule has 1 atom stereocenters. The van der Waals surface area contributed by atoms with Crippen molar-refractivity contribution in [2.45, 2.75) is 12.0 Å². The quantitative estimate of drug-likeness (QED) is 0.827. The third kappa shape index (κ3) is 1.68. The number of nitrogens with zero attached hydrogens (tertiary/aromatic N) is 1. The number of hydrogen-bond acceptors (Lipinski definition) is 3. The molecule has 7 heteroatoms. The number of alkyl halides is 3. The van der Waals surface area contributed by atoms with E-state index in [1.807, 2.05) is 0 Å². The van der Waals surface area contributed by atoms with E-state index in [1.165, 1.54) is 24.3 Å². The average Bonchev–Trinajstić information content (AvgIpc) is 2.75. The fraction of sp³-hybridized carbons (Fsp3) is 0.182. The molecule has 1 aliphatic heterocycles. The van der Waals surface area contributed by atoms with Gasteiger partial charge in [0.2, 0.25) is 0 Å². The molecule has 18 heavy (non-hydrogen) atoms. The first-order chi connectivity index (χ1) is 8.39. The van der Waals surface area contributed by atoms with Crippen LogP contribution in [0.25, 0.3) is 0 Å². The van der Waals surface area contributed by atoms with E-state index in [9.17, 15) is 18.0 Å². The van der Waals surface area contributed by atoms with E-state index in [2.05, 4.69) is 0 Å². The minimum Gasteiger partial charge on any atom is -0.477 e. The van der Waals surface area contributed by atoms with Crippen LogP contribution in [0.5, 0.6) is 0 Å². The number of aliphatic carboxylic acids is 1. The molecule has 2 rings (SSSR count). The Morgan fingerprint density at radius 3 is 2.39 bits per heavy atom. The lowest BCUT2D eigenvalue weighted by Gasteiger charge is -2.35. The standard InChI is InChI=1S/C11H8F3NO3/c12-11(13,14)15-6-7-18-10(15,9(16)17)8-4-2-1-3-5-8/h1-7H,(H,16,17). The summed E-state index contributed by atoms with van der Waals surface area (Å²) < 4.78 is 43.3. The third-order valence-corrected chi connectivity index (χ3v) is 2.52. The van der Waals surface area contributed by atoms with Gasteiger partial charge < -0.3 is 9.84 Å². The second-order valence-electron chi connectivity index (χ2n) is 3.56. The van der Waals surface area contributed by atoms with E-state index >= 15 is 0 Å². The Bertz CT molecular complexity index is 486. The number of benzene rings is 1. The molecule has 1 aromatic carbocycles. The Morgan fingerprint density at radius 1 is 1.28 bits per heavy atom. The molecule has 0 saturated heterocycles. The van der Waals surface area contributed by atoms with E-state index in [1.54, 1.807) is 6.07 Å². The third-order valence-electron chi connectivity index (χ3n) is 2.52. The molecule has 0 fully saturated rings. The van der Waals surface area contributed by atoms with Gasteiger partial charge in [0.25, 0.3) is 0 Å². The smallest absolute Gasteiger partial charge is 0.477 e. The molecular weight excluding hydrogens is 251 g/mol. The SMILES string of the molecule is O=C(O)C1(c2ccccc2)OC=CN1C(F)(F)F. The van der Waals surface area contributed by atoms with E-state index in [-0.39, 0.29) is 10.5 Å². The highest BCUT2D eigenvalue weighted by molar-refractivity contribution is 5.79. The topological polar surface area (TPSA) is 49.8 Å². The van der Waals surface area contributed by atoms with Crippen molar-refractivity contribution < 1.29 is 27.8 Å². The number of hydrogen-bond donors (Lipinski definition) is 1. The molecule has 1 aromatic rings. The van der Waals surface area contributed by atoms with Gasteiger partial charge >= 0.3 is 18.0 Å². The first kappa shape index (κ1) is 12.3. The second-order valence-corrected chi connectivity index (χ2v) is 3.56. The lowest BCUT2D eigenvalue weighted by atomic mass is 10.0. The van der Waals surface area contributed by atoms with Crippen LogP contribution < -0.4 is 0 Å². The van der Waals surface area contributed by atoms with Crippen LogP contribution in [0.15, 0.2) is 42.8 Å². The molecule has 1 aliphatic rings. The summed E-state index contributed by atoms with van der Waals surface area (Å²) >= 11 is 0. The summed E-state index contributed by atoms with van der Waals surface area (Å²) in [6, 6.07) is 6.98. The highest BCUT2D eigenvalue weighted by Crippen LogP contribution is 2.42.